The first-order valence-electron chi connectivity index (χ1n) is 7.70. The lowest BCUT2D eigenvalue weighted by atomic mass is 9.86. The molecule has 0 aromatic carbocycles. The Morgan fingerprint density at radius 3 is 2.17 bits per heavy atom. The van der Waals surface area contributed by atoms with E-state index in [9.17, 15) is 4.79 Å². The van der Waals surface area contributed by atoms with Crippen LogP contribution in [0.5, 0.6) is 0 Å². The summed E-state index contributed by atoms with van der Waals surface area (Å²) in [6.45, 7) is 0. The minimum Gasteiger partial charge on any atom is -0.352 e. The molecule has 0 aliphatic heterocycles. The molecule has 0 spiro atoms. The summed E-state index contributed by atoms with van der Waals surface area (Å²) in [5.41, 5.74) is 0. The van der Waals surface area contributed by atoms with E-state index in [1.807, 2.05) is 0 Å². The van der Waals surface area contributed by atoms with Gasteiger partial charge in [-0.25, -0.2) is 0 Å². The van der Waals surface area contributed by atoms with Gasteiger partial charge in [-0.3, -0.25) is 4.79 Å². The van der Waals surface area contributed by atoms with Gasteiger partial charge in [0, 0.05) is 6.04 Å². The van der Waals surface area contributed by atoms with Crippen molar-refractivity contribution in [1.29, 1.82) is 0 Å². The Hall–Kier alpha value is -0.240. The van der Waals surface area contributed by atoms with E-state index in [2.05, 4.69) is 5.32 Å². The molecule has 2 aliphatic carbocycles. The Kier molecular flexibility index (Phi) is 5.81. The molecule has 1 N–H and O–H groups in total. The lowest BCUT2D eigenvalue weighted by molar-refractivity contribution is -0.122. The smallest absolute Gasteiger partial charge is 0.238 e. The van der Waals surface area contributed by atoms with Crippen molar-refractivity contribution in [3.63, 3.8) is 0 Å². The molecule has 0 aromatic heterocycles. The van der Waals surface area contributed by atoms with Crippen molar-refractivity contribution in [2.45, 2.75) is 82.0 Å². The van der Waals surface area contributed by atoms with Crippen molar-refractivity contribution >= 4 is 17.5 Å². The van der Waals surface area contributed by atoms with E-state index in [-0.39, 0.29) is 11.3 Å². The molecule has 2 nitrogen and oxygen atoms in total. The van der Waals surface area contributed by atoms with Gasteiger partial charge in [-0.15, -0.1) is 11.6 Å². The molecule has 0 radical (unpaired) electrons. The van der Waals surface area contributed by atoms with Crippen LogP contribution in [0.3, 0.4) is 0 Å². The standard InChI is InChI=1S/C15H26ClNO/c16-14(11-12-7-3-1-4-8-12)15(18)17-13-9-5-2-6-10-13/h12-14H,1-11H2,(H,17,18). The summed E-state index contributed by atoms with van der Waals surface area (Å²) in [7, 11) is 0. The van der Waals surface area contributed by atoms with Crippen LogP contribution in [0.4, 0.5) is 0 Å². The van der Waals surface area contributed by atoms with Gasteiger partial charge in [0.15, 0.2) is 0 Å². The first-order valence-corrected chi connectivity index (χ1v) is 8.14. The Labute approximate surface area is 116 Å². The van der Waals surface area contributed by atoms with Crippen molar-refractivity contribution < 1.29 is 4.79 Å². The molecule has 0 heterocycles. The Bertz CT molecular complexity index is 257. The van der Waals surface area contributed by atoms with Gasteiger partial charge in [0.2, 0.25) is 5.91 Å². The highest BCUT2D eigenvalue weighted by molar-refractivity contribution is 6.30. The van der Waals surface area contributed by atoms with Crippen LogP contribution in [0.1, 0.15) is 70.6 Å². The van der Waals surface area contributed by atoms with E-state index >= 15 is 0 Å². The third-order valence-corrected chi connectivity index (χ3v) is 4.88. The number of alkyl halides is 1. The van der Waals surface area contributed by atoms with Gasteiger partial charge in [0.1, 0.15) is 5.38 Å². The average Bonchev–Trinajstić information content (AvgIpc) is 2.41. The topological polar surface area (TPSA) is 29.1 Å². The quantitative estimate of drug-likeness (QED) is 0.769. The van der Waals surface area contributed by atoms with Crippen molar-refractivity contribution in [3.05, 3.63) is 0 Å². The maximum Gasteiger partial charge on any atom is 0.238 e. The van der Waals surface area contributed by atoms with Gasteiger partial charge in [-0.2, -0.15) is 0 Å². The molecule has 0 aromatic rings. The summed E-state index contributed by atoms with van der Waals surface area (Å²) < 4.78 is 0. The number of rotatable bonds is 4. The predicted molar refractivity (Wildman–Crippen MR) is 75.8 cm³/mol. The maximum absolute atomic E-state index is 12.0. The first kappa shape index (κ1) is 14.2. The molecule has 2 aliphatic rings. The highest BCUT2D eigenvalue weighted by Crippen LogP contribution is 2.29. The maximum atomic E-state index is 12.0. The Balaban J connectivity index is 1.69. The molecule has 2 rings (SSSR count). The van der Waals surface area contributed by atoms with Crippen molar-refractivity contribution in [3.8, 4) is 0 Å². The third-order valence-electron chi connectivity index (χ3n) is 4.50. The summed E-state index contributed by atoms with van der Waals surface area (Å²) >= 11 is 6.27. The van der Waals surface area contributed by atoms with Crippen LogP contribution in [0.15, 0.2) is 0 Å². The van der Waals surface area contributed by atoms with Gasteiger partial charge in [-0.1, -0.05) is 51.4 Å². The molecule has 0 bridgehead atoms. The van der Waals surface area contributed by atoms with E-state index < -0.39 is 0 Å². The largest absolute Gasteiger partial charge is 0.352 e. The van der Waals surface area contributed by atoms with Crippen LogP contribution in [0.25, 0.3) is 0 Å². The molecular weight excluding hydrogens is 246 g/mol. The van der Waals surface area contributed by atoms with Gasteiger partial charge < -0.3 is 5.32 Å². The van der Waals surface area contributed by atoms with Gasteiger partial charge in [0.05, 0.1) is 0 Å². The molecule has 2 saturated carbocycles. The minimum atomic E-state index is -0.310. The fraction of sp³-hybridized carbons (Fsp3) is 0.933. The molecule has 1 unspecified atom stereocenters. The number of hydrogen-bond acceptors (Lipinski definition) is 1. The summed E-state index contributed by atoms with van der Waals surface area (Å²) in [5.74, 6) is 0.757. The highest BCUT2D eigenvalue weighted by atomic mass is 35.5. The second-order valence-electron chi connectivity index (χ2n) is 6.05. The summed E-state index contributed by atoms with van der Waals surface area (Å²) in [6.07, 6.45) is 13.5. The predicted octanol–water partition coefficient (Wildman–Crippen LogP) is 4.01. The Morgan fingerprint density at radius 1 is 1.00 bits per heavy atom. The van der Waals surface area contributed by atoms with Gasteiger partial charge in [-0.05, 0) is 25.2 Å². The number of carbonyl (C=O) groups is 1. The second-order valence-corrected chi connectivity index (χ2v) is 6.58. The summed E-state index contributed by atoms with van der Waals surface area (Å²) in [4.78, 5) is 12.0. The number of nitrogens with one attached hydrogen (secondary N) is 1. The fourth-order valence-electron chi connectivity index (χ4n) is 3.36. The molecule has 3 heteroatoms. The van der Waals surface area contributed by atoms with E-state index in [0.717, 1.165) is 19.3 Å². The first-order chi connectivity index (χ1) is 8.75. The molecule has 18 heavy (non-hydrogen) atoms. The van der Waals surface area contributed by atoms with Crippen LogP contribution in [-0.2, 0) is 4.79 Å². The third kappa shape index (κ3) is 4.46. The minimum absolute atomic E-state index is 0.0779. The van der Waals surface area contributed by atoms with Gasteiger partial charge >= 0.3 is 0 Å². The van der Waals surface area contributed by atoms with Crippen LogP contribution in [-0.4, -0.2) is 17.3 Å². The zero-order chi connectivity index (χ0) is 12.8. The van der Waals surface area contributed by atoms with Crippen molar-refractivity contribution in [1.82, 2.24) is 5.32 Å². The second kappa shape index (κ2) is 7.37. The van der Waals surface area contributed by atoms with Crippen LogP contribution in [0.2, 0.25) is 0 Å². The highest BCUT2D eigenvalue weighted by Gasteiger charge is 2.24. The number of amides is 1. The lowest BCUT2D eigenvalue weighted by Crippen LogP contribution is -2.41. The molecule has 104 valence electrons. The zero-order valence-corrected chi connectivity index (χ0v) is 12.1. The molecule has 2 fully saturated rings. The van der Waals surface area contributed by atoms with E-state index in [0.29, 0.717) is 12.0 Å². The van der Waals surface area contributed by atoms with E-state index in [1.54, 1.807) is 0 Å². The average molecular weight is 272 g/mol. The van der Waals surface area contributed by atoms with E-state index in [4.69, 9.17) is 11.6 Å². The molecule has 1 amide bonds. The normalized spacial score (nSPS) is 24.7. The summed E-state index contributed by atoms with van der Waals surface area (Å²) in [6, 6.07) is 0.388. The van der Waals surface area contributed by atoms with Crippen LogP contribution >= 0.6 is 11.6 Å². The van der Waals surface area contributed by atoms with Gasteiger partial charge in [0.25, 0.3) is 0 Å². The van der Waals surface area contributed by atoms with Crippen LogP contribution < -0.4 is 5.32 Å². The molecule has 1 atom stereocenters. The SMILES string of the molecule is O=C(NC1CCCCC1)C(Cl)CC1CCCCC1. The molecular formula is C15H26ClNO. The number of hydrogen-bond donors (Lipinski definition) is 1. The van der Waals surface area contributed by atoms with Crippen molar-refractivity contribution in [2.24, 2.45) is 5.92 Å². The van der Waals surface area contributed by atoms with Crippen LogP contribution in [0, 0.1) is 5.92 Å². The zero-order valence-electron chi connectivity index (χ0n) is 11.3. The number of carbonyl (C=O) groups excluding carboxylic acids is 1. The summed E-state index contributed by atoms with van der Waals surface area (Å²) in [5, 5.41) is 2.83. The monoisotopic (exact) mass is 271 g/mol. The fourth-order valence-corrected chi connectivity index (χ4v) is 3.68. The van der Waals surface area contributed by atoms with E-state index in [1.165, 1.54) is 51.4 Å². The molecule has 0 saturated heterocycles. The number of halogens is 1. The lowest BCUT2D eigenvalue weighted by Gasteiger charge is -2.26. The van der Waals surface area contributed by atoms with Crippen molar-refractivity contribution in [2.75, 3.05) is 0 Å². The Morgan fingerprint density at radius 2 is 1.56 bits per heavy atom.